The van der Waals surface area contributed by atoms with Gasteiger partial charge in [0.15, 0.2) is 0 Å². The molecule has 1 saturated heterocycles. The molecule has 1 heterocycles. The van der Waals surface area contributed by atoms with Crippen LogP contribution in [0, 0.1) is 0 Å². The average molecular weight is 379 g/mol. The summed E-state index contributed by atoms with van der Waals surface area (Å²) in [6.07, 6.45) is -4.88. The molecule has 0 aliphatic carbocycles. The van der Waals surface area contributed by atoms with Crippen LogP contribution in [-0.2, 0) is 13.8 Å². The first kappa shape index (κ1) is 17.5. The van der Waals surface area contributed by atoms with Crippen molar-refractivity contribution in [2.45, 2.75) is 24.4 Å². The largest absolute Gasteiger partial charge is 2.00 e. The van der Waals surface area contributed by atoms with Gasteiger partial charge in [-0.15, -0.1) is 0 Å². The second-order valence-corrected chi connectivity index (χ2v) is 4.27. The van der Waals surface area contributed by atoms with Crippen LogP contribution >= 0.6 is 7.82 Å². The summed E-state index contributed by atoms with van der Waals surface area (Å²) in [4.78, 5) is 20.3. The molecule has 0 bridgehead atoms. The Kier molecular flexibility index (Phi) is 7.88. The predicted octanol–water partition coefficient (Wildman–Crippen LogP) is -4.07. The Bertz CT molecular complexity index is 257. The van der Waals surface area contributed by atoms with Gasteiger partial charge in [-0.1, -0.05) is 0 Å². The number of hydrogen-bond donors (Lipinski definition) is 3. The first-order chi connectivity index (χ1) is 6.85. The van der Waals surface area contributed by atoms with Gasteiger partial charge in [0, 0.05) is 0 Å². The van der Waals surface area contributed by atoms with E-state index in [4.69, 9.17) is 9.84 Å². The van der Waals surface area contributed by atoms with Crippen molar-refractivity contribution in [2.24, 2.45) is 0 Å². The molecule has 4 atom stereocenters. The quantitative estimate of drug-likeness (QED) is 0.331. The first-order valence-corrected chi connectivity index (χ1v) is 5.60. The molecule has 10 heteroatoms. The third kappa shape index (κ3) is 5.03. The van der Waals surface area contributed by atoms with Crippen LogP contribution in [0.5, 0.6) is 0 Å². The number of ether oxygens (including phenoxy) is 1. The molecule has 1 aliphatic rings. The minimum atomic E-state index is -5.13. The molecule has 4 unspecified atom stereocenters. The molecule has 90 valence electrons. The molecule has 1 rings (SSSR count). The van der Waals surface area contributed by atoms with E-state index >= 15 is 0 Å². The molecule has 16 heavy (non-hydrogen) atoms. The fourth-order valence-corrected chi connectivity index (χ4v) is 1.61. The van der Waals surface area contributed by atoms with Gasteiger partial charge in [-0.2, -0.15) is 0 Å². The maximum Gasteiger partial charge on any atom is 2.00 e. The van der Waals surface area contributed by atoms with Gasteiger partial charge in [0.1, 0.15) is 24.4 Å². The van der Waals surface area contributed by atoms with Crippen molar-refractivity contribution in [2.75, 3.05) is 13.2 Å². The van der Waals surface area contributed by atoms with Crippen molar-refractivity contribution < 1.29 is 38.9 Å². The van der Waals surface area contributed by atoms with Crippen LogP contribution in [0.1, 0.15) is 0 Å². The maximum absolute atomic E-state index is 10.1. The minimum Gasteiger partial charge on any atom is -0.790 e. The standard InChI is InChI=1S/C6H13O8P.Ba/c7-1-3-5(8)6(9)4(14-3)2-13-15(10,11)12;/h3-9H,1-2H2,(H2,10,11,12);/q;+2/p-2. The van der Waals surface area contributed by atoms with Crippen molar-refractivity contribution in [1.29, 1.82) is 0 Å². The van der Waals surface area contributed by atoms with Crippen LogP contribution in [0.15, 0.2) is 0 Å². The van der Waals surface area contributed by atoms with Crippen molar-refractivity contribution in [1.82, 2.24) is 0 Å². The number of aliphatic hydroxyl groups excluding tert-OH is 3. The van der Waals surface area contributed by atoms with Gasteiger partial charge >= 0.3 is 48.9 Å². The Morgan fingerprint density at radius 1 is 1.25 bits per heavy atom. The summed E-state index contributed by atoms with van der Waals surface area (Å²) >= 11 is 0. The zero-order valence-electron chi connectivity index (χ0n) is 8.26. The second kappa shape index (κ2) is 7.19. The van der Waals surface area contributed by atoms with E-state index in [1.807, 2.05) is 0 Å². The summed E-state index contributed by atoms with van der Waals surface area (Å²) in [5, 5.41) is 27.2. The van der Waals surface area contributed by atoms with Gasteiger partial charge in [0.25, 0.3) is 0 Å². The van der Waals surface area contributed by atoms with E-state index in [1.165, 1.54) is 0 Å². The molecule has 0 saturated carbocycles. The number of phosphoric acid groups is 1. The van der Waals surface area contributed by atoms with Crippen molar-refractivity contribution in [3.05, 3.63) is 0 Å². The summed E-state index contributed by atoms with van der Waals surface area (Å²) < 4.78 is 18.9. The minimum absolute atomic E-state index is 0. The van der Waals surface area contributed by atoms with E-state index in [0.717, 1.165) is 0 Å². The van der Waals surface area contributed by atoms with Gasteiger partial charge in [0.2, 0.25) is 0 Å². The third-order valence-electron chi connectivity index (χ3n) is 2.04. The van der Waals surface area contributed by atoms with Crippen LogP contribution in [0.4, 0.5) is 0 Å². The molecule has 8 nitrogen and oxygen atoms in total. The van der Waals surface area contributed by atoms with E-state index in [-0.39, 0.29) is 48.9 Å². The monoisotopic (exact) mass is 380 g/mol. The predicted molar refractivity (Wildman–Crippen MR) is 47.1 cm³/mol. The van der Waals surface area contributed by atoms with Crippen molar-refractivity contribution >= 4 is 56.7 Å². The summed E-state index contributed by atoms with van der Waals surface area (Å²) in [6.45, 7) is -1.21. The Morgan fingerprint density at radius 3 is 2.12 bits per heavy atom. The molecule has 1 fully saturated rings. The Morgan fingerprint density at radius 2 is 1.75 bits per heavy atom. The normalized spacial score (nSPS) is 34.8. The summed E-state index contributed by atoms with van der Waals surface area (Å²) in [6, 6.07) is 0. The Balaban J connectivity index is 0.00000225. The topological polar surface area (TPSA) is 142 Å². The number of aliphatic hydroxyl groups is 3. The zero-order chi connectivity index (χ0) is 11.6. The van der Waals surface area contributed by atoms with Crippen LogP contribution in [0.2, 0.25) is 0 Å². The van der Waals surface area contributed by atoms with Crippen LogP contribution in [0.3, 0.4) is 0 Å². The van der Waals surface area contributed by atoms with Gasteiger partial charge in [-0.25, -0.2) is 0 Å². The third-order valence-corrected chi connectivity index (χ3v) is 2.50. The molecule has 0 aromatic carbocycles. The van der Waals surface area contributed by atoms with Crippen LogP contribution < -0.4 is 9.79 Å². The van der Waals surface area contributed by atoms with Gasteiger partial charge in [-0.3, -0.25) is 0 Å². The summed E-state index contributed by atoms with van der Waals surface area (Å²) in [7, 11) is -5.13. The zero-order valence-corrected chi connectivity index (χ0v) is 13.6. The number of hydrogen-bond acceptors (Lipinski definition) is 8. The molecule has 3 N–H and O–H groups in total. The molecule has 0 aromatic heterocycles. The average Bonchev–Trinajstić information content (AvgIpc) is 2.40. The van der Waals surface area contributed by atoms with E-state index in [1.54, 1.807) is 0 Å². The molecular formula is C6H11BaO8P. The molecule has 0 spiro atoms. The van der Waals surface area contributed by atoms with E-state index in [9.17, 15) is 24.6 Å². The second-order valence-electron chi connectivity index (χ2n) is 3.12. The Labute approximate surface area is 132 Å². The maximum atomic E-state index is 10.1. The Hall–Kier alpha value is 1.52. The van der Waals surface area contributed by atoms with Gasteiger partial charge < -0.3 is 38.9 Å². The van der Waals surface area contributed by atoms with E-state index in [2.05, 4.69) is 4.52 Å². The van der Waals surface area contributed by atoms with Crippen LogP contribution in [0.25, 0.3) is 0 Å². The van der Waals surface area contributed by atoms with Gasteiger partial charge in [-0.05, 0) is 0 Å². The van der Waals surface area contributed by atoms with Crippen molar-refractivity contribution in [3.63, 3.8) is 0 Å². The fraction of sp³-hybridized carbons (Fsp3) is 1.00. The molecule has 0 radical (unpaired) electrons. The molecule has 0 amide bonds. The van der Waals surface area contributed by atoms with Crippen molar-refractivity contribution in [3.8, 4) is 0 Å². The first-order valence-electron chi connectivity index (χ1n) is 4.14. The summed E-state index contributed by atoms with van der Waals surface area (Å²) in [5.41, 5.74) is 0. The number of phosphoric ester groups is 1. The summed E-state index contributed by atoms with van der Waals surface area (Å²) in [5.74, 6) is 0. The molecule has 1 aliphatic heterocycles. The smallest absolute Gasteiger partial charge is 0.790 e. The molecule has 0 aromatic rings. The SMILES string of the molecule is O=P([O-])([O-])OCC1OC(CO)C(O)C1O.[Ba+2]. The van der Waals surface area contributed by atoms with Gasteiger partial charge in [0.05, 0.1) is 21.0 Å². The van der Waals surface area contributed by atoms with E-state index < -0.39 is 45.5 Å². The van der Waals surface area contributed by atoms with E-state index in [0.29, 0.717) is 0 Å². The number of rotatable bonds is 4. The molecular weight excluding hydrogens is 368 g/mol. The fourth-order valence-electron chi connectivity index (χ4n) is 1.28. The van der Waals surface area contributed by atoms with Crippen LogP contribution in [-0.4, -0.2) is 102 Å².